The van der Waals surface area contributed by atoms with E-state index < -0.39 is 0 Å². The molecule has 0 spiro atoms. The van der Waals surface area contributed by atoms with Crippen LogP contribution in [-0.4, -0.2) is 16.6 Å². The van der Waals surface area contributed by atoms with Crippen LogP contribution in [0.2, 0.25) is 0 Å². The highest BCUT2D eigenvalue weighted by Gasteiger charge is 2.23. The maximum atomic E-state index is 5.90. The van der Waals surface area contributed by atoms with Gasteiger partial charge in [-0.15, -0.1) is 0 Å². The maximum Gasteiger partial charge on any atom is 0.159 e. The van der Waals surface area contributed by atoms with Gasteiger partial charge in [-0.05, 0) is 29.8 Å². The molecule has 5 heteroatoms. The molecule has 17 heavy (non-hydrogen) atoms. The topological polar surface area (TPSA) is 61.0 Å². The van der Waals surface area contributed by atoms with Crippen molar-refractivity contribution in [2.45, 2.75) is 46.1 Å². The van der Waals surface area contributed by atoms with Crippen LogP contribution in [0.5, 0.6) is 0 Å². The summed E-state index contributed by atoms with van der Waals surface area (Å²) in [6.45, 7) is 10.8. The van der Waals surface area contributed by atoms with E-state index in [9.17, 15) is 0 Å². The Hall–Kier alpha value is -0.680. The number of nitrogens with zero attached hydrogens (tertiary/aromatic N) is 2. The number of anilines is 1. The number of nitrogens with two attached hydrogens (primary N) is 1. The van der Waals surface area contributed by atoms with E-state index in [1.54, 1.807) is 0 Å². The molecule has 4 nitrogen and oxygen atoms in total. The van der Waals surface area contributed by atoms with Gasteiger partial charge < -0.3 is 10.5 Å². The van der Waals surface area contributed by atoms with Gasteiger partial charge >= 0.3 is 0 Å². The highest BCUT2D eigenvalue weighted by Crippen LogP contribution is 2.32. The Balaban J connectivity index is 3.24. The molecule has 0 radical (unpaired) electrons. The van der Waals surface area contributed by atoms with E-state index in [4.69, 9.17) is 10.5 Å². The normalized spacial score (nSPS) is 13.8. The van der Waals surface area contributed by atoms with E-state index in [-0.39, 0.29) is 11.5 Å². The fourth-order valence-corrected chi connectivity index (χ4v) is 2.26. The Morgan fingerprint density at radius 1 is 1.35 bits per heavy atom. The summed E-state index contributed by atoms with van der Waals surface area (Å²) in [5, 5.41) is 0. The van der Waals surface area contributed by atoms with Gasteiger partial charge in [0, 0.05) is 12.0 Å². The van der Waals surface area contributed by atoms with Crippen LogP contribution in [0.15, 0.2) is 4.47 Å². The van der Waals surface area contributed by atoms with Crippen LogP contribution < -0.4 is 5.73 Å². The fraction of sp³-hybridized carbons (Fsp3) is 0.667. The Morgan fingerprint density at radius 3 is 2.41 bits per heavy atom. The molecule has 0 bridgehead atoms. The average Bonchev–Trinajstić information content (AvgIpc) is 2.20. The summed E-state index contributed by atoms with van der Waals surface area (Å²) in [6.07, 6.45) is -0.142. The van der Waals surface area contributed by atoms with Crippen LogP contribution >= 0.6 is 15.9 Å². The van der Waals surface area contributed by atoms with Crippen LogP contribution in [0, 0.1) is 0 Å². The molecule has 1 heterocycles. The molecule has 0 fully saturated rings. The molecule has 1 unspecified atom stereocenters. The number of hydrogen-bond acceptors (Lipinski definition) is 4. The van der Waals surface area contributed by atoms with Crippen LogP contribution in [0.3, 0.4) is 0 Å². The van der Waals surface area contributed by atoms with Crippen molar-refractivity contribution in [3.8, 4) is 0 Å². The molecule has 0 saturated carbocycles. The lowest BCUT2D eigenvalue weighted by atomic mass is 9.92. The van der Waals surface area contributed by atoms with Gasteiger partial charge in [0.05, 0.1) is 10.2 Å². The Morgan fingerprint density at radius 2 is 1.94 bits per heavy atom. The highest BCUT2D eigenvalue weighted by atomic mass is 79.9. The lowest BCUT2D eigenvalue weighted by molar-refractivity contribution is 0.0698. The molecule has 96 valence electrons. The molecular formula is C12H20BrN3O. The molecule has 0 aliphatic heterocycles. The van der Waals surface area contributed by atoms with Gasteiger partial charge in [-0.1, -0.05) is 20.8 Å². The van der Waals surface area contributed by atoms with Gasteiger partial charge in [0.2, 0.25) is 0 Å². The van der Waals surface area contributed by atoms with Gasteiger partial charge in [-0.2, -0.15) is 0 Å². The summed E-state index contributed by atoms with van der Waals surface area (Å²) in [5.74, 6) is 1.10. The van der Waals surface area contributed by atoms with Gasteiger partial charge in [0.25, 0.3) is 0 Å². The summed E-state index contributed by atoms with van der Waals surface area (Å²) < 4.78 is 6.27. The molecular weight excluding hydrogens is 282 g/mol. The lowest BCUT2D eigenvalue weighted by Gasteiger charge is -2.22. The summed E-state index contributed by atoms with van der Waals surface area (Å²) in [6, 6.07) is 0. The number of nitrogen functional groups attached to an aromatic ring is 1. The second-order valence-electron chi connectivity index (χ2n) is 4.98. The SMILES string of the molecule is CCOC(C)c1nc(N)c(Br)c(C(C)(C)C)n1. The first-order valence-electron chi connectivity index (χ1n) is 5.72. The van der Waals surface area contributed by atoms with Crippen molar-refractivity contribution in [3.05, 3.63) is 16.0 Å². The first-order valence-corrected chi connectivity index (χ1v) is 6.51. The third-order valence-corrected chi connectivity index (χ3v) is 3.17. The zero-order valence-electron chi connectivity index (χ0n) is 11.0. The molecule has 0 saturated heterocycles. The van der Waals surface area contributed by atoms with Crippen molar-refractivity contribution in [1.82, 2.24) is 9.97 Å². The average molecular weight is 302 g/mol. The van der Waals surface area contributed by atoms with E-state index in [1.165, 1.54) is 0 Å². The monoisotopic (exact) mass is 301 g/mol. The summed E-state index contributed by atoms with van der Waals surface area (Å²) in [7, 11) is 0. The number of halogens is 1. The smallest absolute Gasteiger partial charge is 0.159 e. The molecule has 1 aromatic rings. The third-order valence-electron chi connectivity index (χ3n) is 2.38. The molecule has 2 N–H and O–H groups in total. The van der Waals surface area contributed by atoms with Crippen LogP contribution in [-0.2, 0) is 10.2 Å². The second kappa shape index (κ2) is 5.31. The van der Waals surface area contributed by atoms with Crippen molar-refractivity contribution in [2.24, 2.45) is 0 Å². The van der Waals surface area contributed by atoms with Crippen molar-refractivity contribution in [2.75, 3.05) is 12.3 Å². The minimum absolute atomic E-state index is 0.0867. The molecule has 0 aliphatic rings. The highest BCUT2D eigenvalue weighted by molar-refractivity contribution is 9.10. The molecule has 0 amide bonds. The van der Waals surface area contributed by atoms with E-state index >= 15 is 0 Å². The first-order chi connectivity index (χ1) is 7.77. The lowest BCUT2D eigenvalue weighted by Crippen LogP contribution is -2.19. The third kappa shape index (κ3) is 3.39. The molecule has 1 rings (SSSR count). The minimum atomic E-state index is -0.142. The zero-order chi connectivity index (χ0) is 13.2. The van der Waals surface area contributed by atoms with Crippen molar-refractivity contribution in [1.29, 1.82) is 0 Å². The summed E-state index contributed by atoms with van der Waals surface area (Å²) in [4.78, 5) is 8.82. The number of ether oxygens (including phenoxy) is 1. The van der Waals surface area contributed by atoms with Crippen LogP contribution in [0.25, 0.3) is 0 Å². The van der Waals surface area contributed by atoms with Crippen LogP contribution in [0.1, 0.15) is 52.2 Å². The largest absolute Gasteiger partial charge is 0.383 e. The van der Waals surface area contributed by atoms with Gasteiger partial charge in [-0.25, -0.2) is 9.97 Å². The predicted octanol–water partition coefficient (Wildman–Crippen LogP) is 3.22. The standard InChI is InChI=1S/C12H20BrN3O/c1-6-17-7(2)11-15-9(12(3,4)5)8(13)10(14)16-11/h7H,6H2,1-5H3,(H2,14,15,16). The maximum absolute atomic E-state index is 5.90. The van der Waals surface area contributed by atoms with Crippen molar-refractivity contribution in [3.63, 3.8) is 0 Å². The minimum Gasteiger partial charge on any atom is -0.383 e. The Kier molecular flexibility index (Phi) is 4.49. The summed E-state index contributed by atoms with van der Waals surface area (Å²) in [5.41, 5.74) is 6.72. The van der Waals surface area contributed by atoms with E-state index in [2.05, 4.69) is 46.7 Å². The van der Waals surface area contributed by atoms with Gasteiger partial charge in [-0.3, -0.25) is 0 Å². The number of hydrogen-bond donors (Lipinski definition) is 1. The van der Waals surface area contributed by atoms with Gasteiger partial charge in [0.1, 0.15) is 11.9 Å². The molecule has 1 aromatic heterocycles. The van der Waals surface area contributed by atoms with E-state index in [0.717, 1.165) is 10.2 Å². The van der Waals surface area contributed by atoms with E-state index in [0.29, 0.717) is 18.2 Å². The molecule has 0 aliphatic carbocycles. The van der Waals surface area contributed by atoms with Crippen molar-refractivity contribution >= 4 is 21.7 Å². The Labute approximate surface area is 111 Å². The second-order valence-corrected chi connectivity index (χ2v) is 5.77. The van der Waals surface area contributed by atoms with Gasteiger partial charge in [0.15, 0.2) is 5.82 Å². The molecule has 1 atom stereocenters. The quantitative estimate of drug-likeness (QED) is 0.931. The van der Waals surface area contributed by atoms with Crippen LogP contribution in [0.4, 0.5) is 5.82 Å². The summed E-state index contributed by atoms with van der Waals surface area (Å²) >= 11 is 3.45. The Bertz CT molecular complexity index is 401. The number of aromatic nitrogens is 2. The zero-order valence-corrected chi connectivity index (χ0v) is 12.6. The van der Waals surface area contributed by atoms with Crippen molar-refractivity contribution < 1.29 is 4.74 Å². The van der Waals surface area contributed by atoms with E-state index in [1.807, 2.05) is 13.8 Å². The fourth-order valence-electron chi connectivity index (χ4n) is 1.49. The number of rotatable bonds is 3. The molecule has 0 aromatic carbocycles. The first kappa shape index (κ1) is 14.4. The predicted molar refractivity (Wildman–Crippen MR) is 72.9 cm³/mol.